The lowest BCUT2D eigenvalue weighted by Crippen LogP contribution is -2.46. The summed E-state index contributed by atoms with van der Waals surface area (Å²) in [5, 5.41) is 9.27. The zero-order chi connectivity index (χ0) is 17.2. The Bertz CT molecular complexity index is 586. The van der Waals surface area contributed by atoms with Crippen LogP contribution in [0.4, 0.5) is 13.2 Å². The van der Waals surface area contributed by atoms with E-state index in [0.717, 1.165) is 0 Å². The molecule has 2 amide bonds. The van der Waals surface area contributed by atoms with Gasteiger partial charge >= 0.3 is 6.18 Å². The van der Waals surface area contributed by atoms with E-state index >= 15 is 0 Å². The van der Waals surface area contributed by atoms with Gasteiger partial charge in [-0.2, -0.15) is 18.3 Å². The van der Waals surface area contributed by atoms with Gasteiger partial charge in [0.05, 0.1) is 6.20 Å². The first-order chi connectivity index (χ1) is 10.7. The lowest BCUT2D eigenvalue weighted by molar-refractivity contribution is -0.158. The molecular weight excluding hydrogens is 315 g/mol. The Kier molecular flexibility index (Phi) is 4.93. The second-order valence-corrected chi connectivity index (χ2v) is 5.39. The third kappa shape index (κ3) is 4.21. The van der Waals surface area contributed by atoms with Gasteiger partial charge in [-0.1, -0.05) is 0 Å². The predicted molar refractivity (Wildman–Crippen MR) is 74.2 cm³/mol. The molecule has 1 saturated heterocycles. The molecule has 1 aliphatic rings. The number of likely N-dealkylation sites (tertiary alicyclic amines) is 1. The molecule has 2 atom stereocenters. The van der Waals surface area contributed by atoms with Gasteiger partial charge in [0.25, 0.3) is 0 Å². The number of alkyl halides is 3. The Morgan fingerprint density at radius 3 is 2.74 bits per heavy atom. The topological polar surface area (TPSA) is 79.3 Å². The number of hydrogen-bond acceptors (Lipinski definition) is 4. The number of halogens is 3. The molecule has 7 nitrogen and oxygen atoms in total. The first kappa shape index (κ1) is 17.3. The monoisotopic (exact) mass is 333 g/mol. The van der Waals surface area contributed by atoms with E-state index in [1.165, 1.54) is 10.9 Å². The zero-order valence-electron chi connectivity index (χ0n) is 12.7. The summed E-state index contributed by atoms with van der Waals surface area (Å²) >= 11 is 0. The summed E-state index contributed by atoms with van der Waals surface area (Å²) in [5.41, 5.74) is 0.602. The van der Waals surface area contributed by atoms with Crippen molar-refractivity contribution < 1.29 is 22.8 Å². The summed E-state index contributed by atoms with van der Waals surface area (Å²) in [6.45, 7) is -1.32. The molecule has 2 unspecified atom stereocenters. The van der Waals surface area contributed by atoms with Crippen LogP contribution in [0.5, 0.6) is 0 Å². The molecule has 128 valence electrons. The minimum absolute atomic E-state index is 0.0274. The summed E-state index contributed by atoms with van der Waals surface area (Å²) in [7, 11) is 3.27. The number of amides is 2. The number of hydrogen-bond donors (Lipinski definition) is 2. The highest BCUT2D eigenvalue weighted by Crippen LogP contribution is 2.21. The van der Waals surface area contributed by atoms with Gasteiger partial charge in [-0.15, -0.1) is 0 Å². The second kappa shape index (κ2) is 6.57. The van der Waals surface area contributed by atoms with Crippen LogP contribution >= 0.6 is 0 Å². The summed E-state index contributed by atoms with van der Waals surface area (Å²) in [5.74, 6) is -1.19. The van der Waals surface area contributed by atoms with Gasteiger partial charge in [0, 0.05) is 25.4 Å². The third-order valence-corrected chi connectivity index (χ3v) is 3.59. The van der Waals surface area contributed by atoms with Crippen LogP contribution in [-0.4, -0.2) is 58.9 Å². The predicted octanol–water partition coefficient (Wildman–Crippen LogP) is -0.0400. The summed E-state index contributed by atoms with van der Waals surface area (Å²) < 4.78 is 38.7. The lowest BCUT2D eigenvalue weighted by atomic mass is 10.1. The summed E-state index contributed by atoms with van der Waals surface area (Å²) in [6, 6.07) is -1.66. The van der Waals surface area contributed by atoms with Gasteiger partial charge in [-0.25, -0.2) is 0 Å². The Labute approximate surface area is 130 Å². The average Bonchev–Trinajstić information content (AvgIpc) is 2.99. The summed E-state index contributed by atoms with van der Waals surface area (Å²) in [4.78, 5) is 24.9. The Morgan fingerprint density at radius 2 is 2.22 bits per heavy atom. The highest BCUT2D eigenvalue weighted by atomic mass is 19.4. The number of aromatic nitrogens is 2. The quantitative estimate of drug-likeness (QED) is 0.793. The number of nitrogens with one attached hydrogen (secondary N) is 2. The fourth-order valence-electron chi connectivity index (χ4n) is 2.54. The van der Waals surface area contributed by atoms with Crippen LogP contribution < -0.4 is 10.6 Å². The molecule has 0 spiro atoms. The summed E-state index contributed by atoms with van der Waals surface area (Å²) in [6.07, 6.45) is -1.14. The standard InChI is InChI=1S/C13H18F3N5O2/c1-17-10(8-5-18-20(2)6-8)11(22)19-9-3-4-21(12(9)23)7-13(14,15)16/h5-6,9-10,17H,3-4,7H2,1-2H3,(H,19,22). The van der Waals surface area contributed by atoms with Crippen molar-refractivity contribution in [3.63, 3.8) is 0 Å². The van der Waals surface area contributed by atoms with Crippen molar-refractivity contribution in [3.05, 3.63) is 18.0 Å². The van der Waals surface area contributed by atoms with Crippen LogP contribution in [0.2, 0.25) is 0 Å². The highest BCUT2D eigenvalue weighted by Gasteiger charge is 2.40. The van der Waals surface area contributed by atoms with Crippen molar-refractivity contribution in [2.75, 3.05) is 20.1 Å². The van der Waals surface area contributed by atoms with E-state index < -0.39 is 36.6 Å². The number of carbonyl (C=O) groups is 2. The van der Waals surface area contributed by atoms with Crippen molar-refractivity contribution >= 4 is 11.8 Å². The lowest BCUT2D eigenvalue weighted by Gasteiger charge is -2.20. The number of rotatable bonds is 5. The molecular formula is C13H18F3N5O2. The van der Waals surface area contributed by atoms with E-state index in [0.29, 0.717) is 10.5 Å². The maximum atomic E-state index is 12.4. The largest absolute Gasteiger partial charge is 0.406 e. The first-order valence-electron chi connectivity index (χ1n) is 7.03. The number of likely N-dealkylation sites (N-methyl/N-ethyl adjacent to an activating group) is 1. The number of nitrogens with zero attached hydrogens (tertiary/aromatic N) is 3. The first-order valence-corrected chi connectivity index (χ1v) is 7.03. The molecule has 0 aromatic carbocycles. The molecule has 1 aromatic heterocycles. The molecule has 0 radical (unpaired) electrons. The third-order valence-electron chi connectivity index (χ3n) is 3.59. The maximum Gasteiger partial charge on any atom is 0.406 e. The van der Waals surface area contributed by atoms with E-state index in [4.69, 9.17) is 0 Å². The van der Waals surface area contributed by atoms with E-state index in [1.54, 1.807) is 20.3 Å². The second-order valence-electron chi connectivity index (χ2n) is 5.39. The van der Waals surface area contributed by atoms with E-state index in [9.17, 15) is 22.8 Å². The fraction of sp³-hybridized carbons (Fsp3) is 0.615. The van der Waals surface area contributed by atoms with Gasteiger partial charge < -0.3 is 15.5 Å². The molecule has 10 heteroatoms. The normalized spacial score (nSPS) is 20.0. The molecule has 0 saturated carbocycles. The van der Waals surface area contributed by atoms with Crippen LogP contribution in [-0.2, 0) is 16.6 Å². The molecule has 2 heterocycles. The SMILES string of the molecule is CNC(C(=O)NC1CCN(CC(F)(F)F)C1=O)c1cnn(C)c1. The van der Waals surface area contributed by atoms with Crippen LogP contribution in [0, 0.1) is 0 Å². The maximum absolute atomic E-state index is 12.4. The Hall–Kier alpha value is -2.10. The molecule has 0 bridgehead atoms. The zero-order valence-corrected chi connectivity index (χ0v) is 12.7. The van der Waals surface area contributed by atoms with Crippen LogP contribution in [0.3, 0.4) is 0 Å². The van der Waals surface area contributed by atoms with Crippen LogP contribution in [0.25, 0.3) is 0 Å². The molecule has 1 aromatic rings. The van der Waals surface area contributed by atoms with Gasteiger partial charge in [-0.05, 0) is 13.5 Å². The molecule has 2 N–H and O–H groups in total. The van der Waals surface area contributed by atoms with E-state index in [2.05, 4.69) is 15.7 Å². The Balaban J connectivity index is 1.99. The molecule has 0 aliphatic carbocycles. The smallest absolute Gasteiger partial charge is 0.343 e. The van der Waals surface area contributed by atoms with Crippen molar-refractivity contribution in [3.8, 4) is 0 Å². The molecule has 1 fully saturated rings. The van der Waals surface area contributed by atoms with Gasteiger partial charge in [-0.3, -0.25) is 14.3 Å². The van der Waals surface area contributed by atoms with E-state index in [1.807, 2.05) is 0 Å². The highest BCUT2D eigenvalue weighted by molar-refractivity contribution is 5.91. The van der Waals surface area contributed by atoms with Gasteiger partial charge in [0.15, 0.2) is 0 Å². The molecule has 2 rings (SSSR count). The van der Waals surface area contributed by atoms with Gasteiger partial charge in [0.2, 0.25) is 11.8 Å². The number of aryl methyl sites for hydroxylation is 1. The van der Waals surface area contributed by atoms with E-state index in [-0.39, 0.29) is 13.0 Å². The van der Waals surface area contributed by atoms with Crippen molar-refractivity contribution in [2.24, 2.45) is 7.05 Å². The van der Waals surface area contributed by atoms with Crippen molar-refractivity contribution in [1.29, 1.82) is 0 Å². The molecule has 1 aliphatic heterocycles. The average molecular weight is 333 g/mol. The van der Waals surface area contributed by atoms with Crippen LogP contribution in [0.15, 0.2) is 12.4 Å². The van der Waals surface area contributed by atoms with Crippen molar-refractivity contribution in [2.45, 2.75) is 24.7 Å². The van der Waals surface area contributed by atoms with Crippen molar-refractivity contribution in [1.82, 2.24) is 25.3 Å². The Morgan fingerprint density at radius 1 is 1.52 bits per heavy atom. The van der Waals surface area contributed by atoms with Gasteiger partial charge in [0.1, 0.15) is 18.6 Å². The fourth-order valence-corrected chi connectivity index (χ4v) is 2.54. The molecule has 23 heavy (non-hydrogen) atoms. The minimum atomic E-state index is -4.45. The van der Waals surface area contributed by atoms with Crippen LogP contribution in [0.1, 0.15) is 18.0 Å². The number of carbonyl (C=O) groups excluding carboxylic acids is 2. The minimum Gasteiger partial charge on any atom is -0.343 e.